The van der Waals surface area contributed by atoms with Crippen LogP contribution in [0.4, 0.5) is 16.0 Å². The van der Waals surface area contributed by atoms with Crippen molar-refractivity contribution in [2.75, 3.05) is 23.7 Å². The Bertz CT molecular complexity index is 1120. The van der Waals surface area contributed by atoms with Gasteiger partial charge in [0.2, 0.25) is 11.9 Å². The van der Waals surface area contributed by atoms with E-state index in [2.05, 4.69) is 27.2 Å². The molecule has 1 aromatic heterocycles. The number of aromatic nitrogens is 2. The second kappa shape index (κ2) is 8.28. The SMILES string of the molecule is C=CC(=O)Nc1ccc(C(=O)N2CCC(Nc3ncc4c(F)cccc4n3)C2)cc1. The first-order chi connectivity index (χ1) is 14.5. The molecule has 2 heterocycles. The molecule has 0 saturated carbocycles. The number of amides is 2. The first-order valence-corrected chi connectivity index (χ1v) is 9.54. The fourth-order valence-corrected chi connectivity index (χ4v) is 3.41. The lowest BCUT2D eigenvalue weighted by molar-refractivity contribution is -0.111. The van der Waals surface area contributed by atoms with Crippen LogP contribution in [0.1, 0.15) is 16.8 Å². The van der Waals surface area contributed by atoms with Gasteiger partial charge in [-0.25, -0.2) is 14.4 Å². The molecule has 0 spiro atoms. The quantitative estimate of drug-likeness (QED) is 0.637. The van der Waals surface area contributed by atoms with E-state index in [0.29, 0.717) is 41.2 Å². The number of fused-ring (bicyclic) bond motifs is 1. The van der Waals surface area contributed by atoms with Crippen molar-refractivity contribution in [3.63, 3.8) is 0 Å². The topological polar surface area (TPSA) is 87.2 Å². The summed E-state index contributed by atoms with van der Waals surface area (Å²) in [4.78, 5) is 34.4. The third kappa shape index (κ3) is 4.12. The average molecular weight is 405 g/mol. The van der Waals surface area contributed by atoms with Crippen LogP contribution in [0.15, 0.2) is 61.3 Å². The fourth-order valence-electron chi connectivity index (χ4n) is 3.41. The van der Waals surface area contributed by atoms with Crippen molar-refractivity contribution >= 4 is 34.4 Å². The summed E-state index contributed by atoms with van der Waals surface area (Å²) in [5, 5.41) is 6.25. The highest BCUT2D eigenvalue weighted by atomic mass is 19.1. The number of carbonyl (C=O) groups is 2. The van der Waals surface area contributed by atoms with Crippen LogP contribution in [0.25, 0.3) is 10.9 Å². The van der Waals surface area contributed by atoms with Gasteiger partial charge in [0.1, 0.15) is 5.82 Å². The van der Waals surface area contributed by atoms with Crippen molar-refractivity contribution in [1.82, 2.24) is 14.9 Å². The zero-order chi connectivity index (χ0) is 21.1. The predicted octanol–water partition coefficient (Wildman–Crippen LogP) is 3.22. The van der Waals surface area contributed by atoms with Crippen molar-refractivity contribution in [2.24, 2.45) is 0 Å². The summed E-state index contributed by atoms with van der Waals surface area (Å²) in [6.07, 6.45) is 3.40. The van der Waals surface area contributed by atoms with Gasteiger partial charge in [0.25, 0.3) is 5.91 Å². The van der Waals surface area contributed by atoms with Gasteiger partial charge < -0.3 is 15.5 Å². The maximum Gasteiger partial charge on any atom is 0.253 e. The van der Waals surface area contributed by atoms with Crippen LogP contribution < -0.4 is 10.6 Å². The van der Waals surface area contributed by atoms with Crippen LogP contribution in [0.2, 0.25) is 0 Å². The van der Waals surface area contributed by atoms with Crippen LogP contribution in [0.5, 0.6) is 0 Å². The van der Waals surface area contributed by atoms with E-state index in [1.165, 1.54) is 18.3 Å². The van der Waals surface area contributed by atoms with Crippen molar-refractivity contribution in [2.45, 2.75) is 12.5 Å². The Balaban J connectivity index is 1.38. The molecule has 8 heteroatoms. The number of likely N-dealkylation sites (tertiary alicyclic amines) is 1. The molecular weight excluding hydrogens is 385 g/mol. The molecule has 0 bridgehead atoms. The van der Waals surface area contributed by atoms with E-state index >= 15 is 0 Å². The minimum atomic E-state index is -0.355. The summed E-state index contributed by atoms with van der Waals surface area (Å²) in [5.74, 6) is -0.329. The van der Waals surface area contributed by atoms with Crippen LogP contribution in [-0.4, -0.2) is 45.8 Å². The van der Waals surface area contributed by atoms with E-state index in [1.54, 1.807) is 41.3 Å². The Morgan fingerprint density at radius 2 is 2.00 bits per heavy atom. The van der Waals surface area contributed by atoms with Gasteiger partial charge in [-0.2, -0.15) is 0 Å². The highest BCUT2D eigenvalue weighted by molar-refractivity contribution is 5.99. The number of hydrogen-bond acceptors (Lipinski definition) is 5. The summed E-state index contributed by atoms with van der Waals surface area (Å²) in [5.41, 5.74) is 1.68. The maximum atomic E-state index is 13.8. The lowest BCUT2D eigenvalue weighted by atomic mass is 10.2. The van der Waals surface area contributed by atoms with Crippen molar-refractivity contribution in [3.05, 3.63) is 72.7 Å². The highest BCUT2D eigenvalue weighted by Crippen LogP contribution is 2.20. The van der Waals surface area contributed by atoms with Gasteiger partial charge in [0.05, 0.1) is 10.9 Å². The molecule has 30 heavy (non-hydrogen) atoms. The van der Waals surface area contributed by atoms with Crippen LogP contribution in [0, 0.1) is 5.82 Å². The zero-order valence-corrected chi connectivity index (χ0v) is 16.1. The molecule has 3 aromatic rings. The Morgan fingerprint density at radius 3 is 2.77 bits per heavy atom. The van der Waals surface area contributed by atoms with Crippen molar-refractivity contribution in [3.8, 4) is 0 Å². The van der Waals surface area contributed by atoms with Gasteiger partial charge in [-0.15, -0.1) is 0 Å². The third-order valence-corrected chi connectivity index (χ3v) is 4.97. The molecule has 0 radical (unpaired) electrons. The molecule has 152 valence electrons. The number of halogens is 1. The molecular formula is C22H20FN5O2. The Morgan fingerprint density at radius 1 is 1.20 bits per heavy atom. The molecule has 1 saturated heterocycles. The minimum Gasteiger partial charge on any atom is -0.350 e. The van der Waals surface area contributed by atoms with Gasteiger partial charge >= 0.3 is 0 Å². The number of rotatable bonds is 5. The second-order valence-electron chi connectivity index (χ2n) is 7.02. The number of nitrogens with zero attached hydrogens (tertiary/aromatic N) is 3. The zero-order valence-electron chi connectivity index (χ0n) is 16.1. The van der Waals surface area contributed by atoms with Crippen molar-refractivity contribution in [1.29, 1.82) is 0 Å². The average Bonchev–Trinajstić information content (AvgIpc) is 3.22. The lowest BCUT2D eigenvalue weighted by Gasteiger charge is -2.17. The Labute approximate surface area is 172 Å². The normalized spacial score (nSPS) is 15.8. The van der Waals surface area contributed by atoms with Crippen LogP contribution in [0.3, 0.4) is 0 Å². The molecule has 2 aromatic carbocycles. The van der Waals surface area contributed by atoms with E-state index < -0.39 is 0 Å². The van der Waals surface area contributed by atoms with E-state index in [1.807, 2.05) is 0 Å². The predicted molar refractivity (Wildman–Crippen MR) is 113 cm³/mol. The molecule has 0 aliphatic carbocycles. The summed E-state index contributed by atoms with van der Waals surface area (Å²) >= 11 is 0. The third-order valence-electron chi connectivity index (χ3n) is 4.97. The van der Waals surface area contributed by atoms with Crippen molar-refractivity contribution < 1.29 is 14.0 Å². The maximum absolute atomic E-state index is 13.8. The molecule has 1 aliphatic heterocycles. The number of nitrogens with one attached hydrogen (secondary N) is 2. The van der Waals surface area contributed by atoms with E-state index in [9.17, 15) is 14.0 Å². The largest absolute Gasteiger partial charge is 0.350 e. The Hall–Kier alpha value is -3.81. The number of hydrogen-bond donors (Lipinski definition) is 2. The smallest absolute Gasteiger partial charge is 0.253 e. The highest BCUT2D eigenvalue weighted by Gasteiger charge is 2.27. The summed E-state index contributed by atoms with van der Waals surface area (Å²) < 4.78 is 13.8. The molecule has 7 nitrogen and oxygen atoms in total. The van der Waals surface area contributed by atoms with E-state index in [-0.39, 0.29) is 23.7 Å². The Kier molecular flexibility index (Phi) is 5.38. The molecule has 1 atom stereocenters. The molecule has 1 unspecified atom stereocenters. The summed E-state index contributed by atoms with van der Waals surface area (Å²) in [6.45, 7) is 4.52. The van der Waals surface area contributed by atoms with Gasteiger partial charge in [0, 0.05) is 36.6 Å². The van der Waals surface area contributed by atoms with Gasteiger partial charge in [0.15, 0.2) is 0 Å². The molecule has 1 aliphatic rings. The van der Waals surface area contributed by atoms with Gasteiger partial charge in [-0.05, 0) is 48.9 Å². The standard InChI is InChI=1S/C22H20FN5O2/c1-2-20(29)25-15-8-6-14(7-9-15)21(30)28-11-10-16(13-28)26-22-24-12-17-18(23)4-3-5-19(17)27-22/h2-9,12,16H,1,10-11,13H2,(H,25,29)(H,24,26,27). The first-order valence-electron chi connectivity index (χ1n) is 9.54. The van der Waals surface area contributed by atoms with E-state index in [4.69, 9.17) is 0 Å². The number of carbonyl (C=O) groups excluding carboxylic acids is 2. The molecule has 1 fully saturated rings. The molecule has 4 rings (SSSR count). The van der Waals surface area contributed by atoms with Gasteiger partial charge in [-0.3, -0.25) is 9.59 Å². The summed E-state index contributed by atoms with van der Waals surface area (Å²) in [6, 6.07) is 11.5. The minimum absolute atomic E-state index is 0.00566. The van der Waals surface area contributed by atoms with Crippen LogP contribution >= 0.6 is 0 Å². The molecule has 2 N–H and O–H groups in total. The monoisotopic (exact) mass is 405 g/mol. The second-order valence-corrected chi connectivity index (χ2v) is 7.02. The summed E-state index contributed by atoms with van der Waals surface area (Å²) in [7, 11) is 0. The number of anilines is 2. The van der Waals surface area contributed by atoms with Crippen LogP contribution in [-0.2, 0) is 4.79 Å². The number of benzene rings is 2. The first kappa shape index (κ1) is 19.5. The molecule has 2 amide bonds. The van der Waals surface area contributed by atoms with E-state index in [0.717, 1.165) is 6.42 Å². The van der Waals surface area contributed by atoms with Gasteiger partial charge in [-0.1, -0.05) is 12.6 Å². The lowest BCUT2D eigenvalue weighted by Crippen LogP contribution is -2.31. The fraction of sp³-hybridized carbons (Fsp3) is 0.182.